The Labute approximate surface area is 167 Å². The number of hydrogen-bond acceptors (Lipinski definition) is 5. The van der Waals surface area contributed by atoms with Crippen LogP contribution in [0.3, 0.4) is 0 Å². The van der Waals surface area contributed by atoms with Crippen molar-refractivity contribution in [2.45, 2.75) is 45.9 Å². The summed E-state index contributed by atoms with van der Waals surface area (Å²) in [5, 5.41) is 4.15. The number of sulfone groups is 1. The van der Waals surface area contributed by atoms with Crippen LogP contribution in [0.5, 0.6) is 5.88 Å². The molecule has 1 aromatic carbocycles. The first-order chi connectivity index (χ1) is 13.0. The number of benzene rings is 1. The second-order valence-corrected chi connectivity index (χ2v) is 9.16. The molecule has 0 fully saturated rings. The van der Waals surface area contributed by atoms with E-state index in [-0.39, 0.29) is 10.7 Å². The van der Waals surface area contributed by atoms with Gasteiger partial charge in [0.05, 0.1) is 17.7 Å². The Morgan fingerprint density at radius 1 is 1.18 bits per heavy atom. The van der Waals surface area contributed by atoms with Crippen LogP contribution in [0.2, 0.25) is 0 Å². The number of aromatic nitrogens is 2. The number of aryl methyl sites for hydroxylation is 1. The Hall–Kier alpha value is -2.41. The van der Waals surface area contributed by atoms with Gasteiger partial charge in [0, 0.05) is 18.9 Å². The van der Waals surface area contributed by atoms with Gasteiger partial charge in [0.15, 0.2) is 15.6 Å². The highest BCUT2D eigenvalue weighted by atomic mass is 32.2. The molecule has 0 amide bonds. The Kier molecular flexibility index (Phi) is 6.49. The number of nitrogens with zero attached hydrogens (tertiary/aromatic N) is 2. The lowest BCUT2D eigenvalue weighted by Gasteiger charge is -2.17. The van der Waals surface area contributed by atoms with E-state index < -0.39 is 9.84 Å². The fourth-order valence-electron chi connectivity index (χ4n) is 3.05. The van der Waals surface area contributed by atoms with Crippen LogP contribution in [-0.4, -0.2) is 36.8 Å². The molecule has 0 radical (unpaired) electrons. The van der Waals surface area contributed by atoms with Gasteiger partial charge in [-0.15, -0.1) is 0 Å². The van der Waals surface area contributed by atoms with Gasteiger partial charge in [-0.05, 0) is 62.9 Å². The molecule has 0 N–H and O–H groups in total. The number of carbonyl (C=O) groups excluding carboxylic acids is 1. The maximum Gasteiger partial charge on any atom is 0.223 e. The molecular weight excluding hydrogens is 376 g/mol. The summed E-state index contributed by atoms with van der Waals surface area (Å²) < 4.78 is 31.9. The third-order valence-corrected chi connectivity index (χ3v) is 5.91. The van der Waals surface area contributed by atoms with Crippen molar-refractivity contribution in [3.63, 3.8) is 0 Å². The molecule has 0 spiro atoms. The fraction of sp³-hybridized carbons (Fsp3) is 0.429. The summed E-state index contributed by atoms with van der Waals surface area (Å²) in [5.41, 5.74) is 3.88. The highest BCUT2D eigenvalue weighted by Gasteiger charge is 2.25. The molecule has 0 saturated carbocycles. The molecule has 7 heteroatoms. The number of ketones is 1. The topological polar surface area (TPSA) is 78.3 Å². The van der Waals surface area contributed by atoms with Crippen molar-refractivity contribution in [2.75, 3.05) is 12.9 Å². The van der Waals surface area contributed by atoms with Gasteiger partial charge < -0.3 is 4.74 Å². The highest BCUT2D eigenvalue weighted by Crippen LogP contribution is 2.33. The normalized spacial score (nSPS) is 11.4. The van der Waals surface area contributed by atoms with Gasteiger partial charge in [0.25, 0.3) is 0 Å². The van der Waals surface area contributed by atoms with Crippen LogP contribution >= 0.6 is 0 Å². The van der Waals surface area contributed by atoms with Crippen LogP contribution in [0.1, 0.15) is 61.2 Å². The van der Waals surface area contributed by atoms with E-state index in [1.54, 1.807) is 20.0 Å². The average Bonchev–Trinajstić information content (AvgIpc) is 2.98. The number of allylic oxidation sites excluding steroid dienone is 2. The second-order valence-electron chi connectivity index (χ2n) is 7.17. The average molecular weight is 405 g/mol. The summed E-state index contributed by atoms with van der Waals surface area (Å²) in [6.07, 6.45) is 3.48. The molecule has 2 rings (SSSR count). The van der Waals surface area contributed by atoms with Crippen LogP contribution < -0.4 is 4.74 Å². The van der Waals surface area contributed by atoms with Gasteiger partial charge in [-0.3, -0.25) is 4.79 Å². The zero-order valence-electron chi connectivity index (χ0n) is 17.6. The summed E-state index contributed by atoms with van der Waals surface area (Å²) in [4.78, 5) is 13.5. The van der Waals surface area contributed by atoms with Gasteiger partial charge >= 0.3 is 0 Å². The standard InChI is InChI=1S/C21H28N2O4S/c1-8-11-27-21-17(12-22-23(21)6)20(24)16-9-10-18(28(7,25)26)19(15(16)5)14(4)13(2)3/h9-10,12H,8,11H2,1-7H3. The van der Waals surface area contributed by atoms with Crippen molar-refractivity contribution >= 4 is 21.2 Å². The molecule has 0 aliphatic heterocycles. The summed E-state index contributed by atoms with van der Waals surface area (Å²) in [6.45, 7) is 9.97. The largest absolute Gasteiger partial charge is 0.477 e. The molecule has 0 unspecified atom stereocenters. The highest BCUT2D eigenvalue weighted by molar-refractivity contribution is 7.90. The molecule has 0 bridgehead atoms. The molecule has 6 nitrogen and oxygen atoms in total. The van der Waals surface area contributed by atoms with Gasteiger partial charge in [0.2, 0.25) is 5.88 Å². The van der Waals surface area contributed by atoms with Crippen molar-refractivity contribution in [2.24, 2.45) is 7.05 Å². The van der Waals surface area contributed by atoms with E-state index in [1.807, 2.05) is 27.7 Å². The SMILES string of the molecule is CCCOc1c(C(=O)c2ccc(S(C)(=O)=O)c(C(C)=C(C)C)c2C)cnn1C. The van der Waals surface area contributed by atoms with Crippen LogP contribution in [0, 0.1) is 6.92 Å². The van der Waals surface area contributed by atoms with Crippen LogP contribution in [0.25, 0.3) is 5.57 Å². The summed E-state index contributed by atoms with van der Waals surface area (Å²) in [5.74, 6) is 0.179. The Morgan fingerprint density at radius 3 is 2.36 bits per heavy atom. The minimum absolute atomic E-state index is 0.230. The summed E-state index contributed by atoms with van der Waals surface area (Å²) >= 11 is 0. The summed E-state index contributed by atoms with van der Waals surface area (Å²) in [6, 6.07) is 3.09. The molecule has 152 valence electrons. The molecular formula is C21H28N2O4S. The van der Waals surface area contributed by atoms with Gasteiger partial charge in [-0.1, -0.05) is 12.5 Å². The monoisotopic (exact) mass is 404 g/mol. The van der Waals surface area contributed by atoms with Crippen molar-refractivity contribution in [3.05, 3.63) is 46.2 Å². The smallest absolute Gasteiger partial charge is 0.223 e. The molecule has 0 saturated heterocycles. The number of rotatable bonds is 7. The van der Waals surface area contributed by atoms with Crippen molar-refractivity contribution < 1.29 is 17.9 Å². The van der Waals surface area contributed by atoms with Crippen molar-refractivity contribution in [1.29, 1.82) is 0 Å². The third-order valence-electron chi connectivity index (χ3n) is 4.77. The lowest BCUT2D eigenvalue weighted by molar-refractivity contribution is 0.103. The second kappa shape index (κ2) is 8.31. The quantitative estimate of drug-likeness (QED) is 0.653. The zero-order valence-corrected chi connectivity index (χ0v) is 18.4. The molecule has 0 aliphatic carbocycles. The maximum absolute atomic E-state index is 13.3. The van der Waals surface area contributed by atoms with Gasteiger partial charge in [-0.25, -0.2) is 13.1 Å². The first-order valence-electron chi connectivity index (χ1n) is 9.18. The fourth-order valence-corrected chi connectivity index (χ4v) is 4.05. The van der Waals surface area contributed by atoms with E-state index in [1.165, 1.54) is 23.2 Å². The molecule has 28 heavy (non-hydrogen) atoms. The van der Waals surface area contributed by atoms with E-state index in [2.05, 4.69) is 5.10 Å². The Bertz CT molecular complexity index is 1040. The summed E-state index contributed by atoms with van der Waals surface area (Å²) in [7, 11) is -1.72. The first kappa shape index (κ1) is 21.9. The lowest BCUT2D eigenvalue weighted by atomic mass is 9.91. The minimum atomic E-state index is -3.44. The number of carbonyl (C=O) groups is 1. The van der Waals surface area contributed by atoms with E-state index >= 15 is 0 Å². The van der Waals surface area contributed by atoms with Gasteiger partial charge in [-0.2, -0.15) is 5.10 Å². The van der Waals surface area contributed by atoms with E-state index in [0.717, 1.165) is 17.6 Å². The lowest BCUT2D eigenvalue weighted by Crippen LogP contribution is -2.11. The van der Waals surface area contributed by atoms with E-state index in [4.69, 9.17) is 4.74 Å². The van der Waals surface area contributed by atoms with Crippen LogP contribution in [0.4, 0.5) is 0 Å². The maximum atomic E-state index is 13.3. The van der Waals surface area contributed by atoms with E-state index in [0.29, 0.717) is 34.7 Å². The molecule has 0 atom stereocenters. The van der Waals surface area contributed by atoms with Crippen molar-refractivity contribution in [1.82, 2.24) is 9.78 Å². The molecule has 1 heterocycles. The Balaban J connectivity index is 2.70. The number of ether oxygens (including phenoxy) is 1. The Morgan fingerprint density at radius 2 is 1.82 bits per heavy atom. The van der Waals surface area contributed by atoms with Crippen LogP contribution in [-0.2, 0) is 16.9 Å². The third kappa shape index (κ3) is 4.19. The molecule has 1 aromatic heterocycles. The first-order valence-corrected chi connectivity index (χ1v) is 11.1. The molecule has 2 aromatic rings. The van der Waals surface area contributed by atoms with E-state index in [9.17, 15) is 13.2 Å². The van der Waals surface area contributed by atoms with Crippen LogP contribution in [0.15, 0.2) is 28.8 Å². The molecule has 0 aliphatic rings. The van der Waals surface area contributed by atoms with Gasteiger partial charge in [0.1, 0.15) is 5.56 Å². The predicted octanol–water partition coefficient (Wildman–Crippen LogP) is 3.97. The van der Waals surface area contributed by atoms with Crippen molar-refractivity contribution in [3.8, 4) is 5.88 Å². The zero-order chi connectivity index (χ0) is 21.2. The minimum Gasteiger partial charge on any atom is -0.477 e. The number of hydrogen-bond donors (Lipinski definition) is 0. The predicted molar refractivity (Wildman–Crippen MR) is 111 cm³/mol.